The van der Waals surface area contributed by atoms with Gasteiger partial charge in [-0.2, -0.15) is 0 Å². The van der Waals surface area contributed by atoms with Crippen LogP contribution in [-0.2, 0) is 0 Å². The van der Waals surface area contributed by atoms with Crippen molar-refractivity contribution in [2.75, 3.05) is 13.2 Å². The number of hydrogen-bond acceptors (Lipinski definition) is 3. The lowest BCUT2D eigenvalue weighted by Crippen LogP contribution is -2.21. The molecule has 4 heteroatoms. The minimum absolute atomic E-state index is 0.163. The lowest BCUT2D eigenvalue weighted by Gasteiger charge is -2.18. The lowest BCUT2D eigenvalue weighted by atomic mass is 10.0. The van der Waals surface area contributed by atoms with Crippen LogP contribution in [0.25, 0.3) is 0 Å². The van der Waals surface area contributed by atoms with Gasteiger partial charge in [0.1, 0.15) is 5.75 Å². The molecular weight excluding hydrogens is 302 g/mol. The molecule has 0 aliphatic carbocycles. The Kier molecular flexibility index (Phi) is 6.09. The van der Waals surface area contributed by atoms with Gasteiger partial charge in [0.2, 0.25) is 0 Å². The average molecular weight is 324 g/mol. The highest BCUT2D eigenvalue weighted by Crippen LogP contribution is 2.34. The average Bonchev–Trinajstić information content (AvgIpc) is 2.82. The standard InChI is InChI=1S/C17H22ClNOS/c1-4-9-20-14-8-6-7-13(11-14)16(19-5-2)15-10-12(3)17(18)21-15/h6-8,10-11,16,19H,4-5,9H2,1-3H3. The quantitative estimate of drug-likeness (QED) is 0.756. The summed E-state index contributed by atoms with van der Waals surface area (Å²) in [4.78, 5) is 1.24. The monoisotopic (exact) mass is 323 g/mol. The maximum absolute atomic E-state index is 6.23. The maximum atomic E-state index is 6.23. The van der Waals surface area contributed by atoms with Crippen molar-refractivity contribution in [1.29, 1.82) is 0 Å². The molecule has 0 bridgehead atoms. The molecule has 1 unspecified atom stereocenters. The van der Waals surface area contributed by atoms with Crippen LogP contribution in [0, 0.1) is 6.92 Å². The van der Waals surface area contributed by atoms with Crippen molar-refractivity contribution in [2.45, 2.75) is 33.2 Å². The van der Waals surface area contributed by atoms with Gasteiger partial charge in [-0.05, 0) is 49.2 Å². The van der Waals surface area contributed by atoms with Gasteiger partial charge in [-0.25, -0.2) is 0 Å². The van der Waals surface area contributed by atoms with Crippen LogP contribution < -0.4 is 10.1 Å². The van der Waals surface area contributed by atoms with E-state index < -0.39 is 0 Å². The van der Waals surface area contributed by atoms with E-state index in [9.17, 15) is 0 Å². The molecule has 0 saturated carbocycles. The minimum atomic E-state index is 0.163. The van der Waals surface area contributed by atoms with E-state index in [1.165, 1.54) is 10.4 Å². The molecule has 2 aromatic rings. The Hall–Kier alpha value is -1.03. The number of thiophene rings is 1. The van der Waals surface area contributed by atoms with Gasteiger partial charge >= 0.3 is 0 Å². The summed E-state index contributed by atoms with van der Waals surface area (Å²) in [6.45, 7) is 7.93. The van der Waals surface area contributed by atoms with E-state index in [0.29, 0.717) is 0 Å². The van der Waals surface area contributed by atoms with Crippen LogP contribution in [0.2, 0.25) is 4.34 Å². The van der Waals surface area contributed by atoms with Gasteiger partial charge in [0, 0.05) is 4.88 Å². The van der Waals surface area contributed by atoms with Crippen LogP contribution in [0.4, 0.5) is 0 Å². The number of benzene rings is 1. The molecule has 0 saturated heterocycles. The predicted molar refractivity (Wildman–Crippen MR) is 91.8 cm³/mol. The van der Waals surface area contributed by atoms with Gasteiger partial charge < -0.3 is 10.1 Å². The normalized spacial score (nSPS) is 12.4. The molecule has 1 aromatic carbocycles. The topological polar surface area (TPSA) is 21.3 Å². The lowest BCUT2D eigenvalue weighted by molar-refractivity contribution is 0.317. The molecular formula is C17H22ClNOS. The van der Waals surface area contributed by atoms with Crippen molar-refractivity contribution in [2.24, 2.45) is 0 Å². The van der Waals surface area contributed by atoms with Crippen molar-refractivity contribution in [3.8, 4) is 5.75 Å². The summed E-state index contributed by atoms with van der Waals surface area (Å²) in [6.07, 6.45) is 1.01. The number of halogens is 1. The van der Waals surface area contributed by atoms with Crippen LogP contribution >= 0.6 is 22.9 Å². The van der Waals surface area contributed by atoms with E-state index >= 15 is 0 Å². The molecule has 1 aromatic heterocycles. The molecule has 1 atom stereocenters. The van der Waals surface area contributed by atoms with E-state index in [-0.39, 0.29) is 6.04 Å². The summed E-state index contributed by atoms with van der Waals surface area (Å²) < 4.78 is 6.61. The van der Waals surface area contributed by atoms with E-state index in [0.717, 1.165) is 35.2 Å². The zero-order valence-electron chi connectivity index (χ0n) is 12.8. The summed E-state index contributed by atoms with van der Waals surface area (Å²) in [5.41, 5.74) is 2.35. The molecule has 0 spiro atoms. The fraction of sp³-hybridized carbons (Fsp3) is 0.412. The Morgan fingerprint density at radius 3 is 2.71 bits per heavy atom. The second-order valence-electron chi connectivity index (χ2n) is 5.02. The van der Waals surface area contributed by atoms with Crippen molar-refractivity contribution in [1.82, 2.24) is 5.32 Å². The van der Waals surface area contributed by atoms with Crippen LogP contribution in [0.5, 0.6) is 5.75 Å². The van der Waals surface area contributed by atoms with Crippen molar-refractivity contribution in [3.05, 3.63) is 50.7 Å². The first kappa shape index (κ1) is 16.3. The van der Waals surface area contributed by atoms with E-state index in [2.05, 4.69) is 37.4 Å². The Morgan fingerprint density at radius 2 is 2.10 bits per heavy atom. The van der Waals surface area contributed by atoms with Crippen molar-refractivity contribution in [3.63, 3.8) is 0 Å². The van der Waals surface area contributed by atoms with Gasteiger partial charge in [0.15, 0.2) is 0 Å². The third-order valence-electron chi connectivity index (χ3n) is 3.23. The Bertz CT molecular complexity index is 562. The van der Waals surface area contributed by atoms with Crippen LogP contribution in [0.1, 0.15) is 42.3 Å². The zero-order chi connectivity index (χ0) is 15.2. The number of ether oxygens (including phenoxy) is 1. The first-order chi connectivity index (χ1) is 10.2. The summed E-state index contributed by atoms with van der Waals surface area (Å²) in [5.74, 6) is 0.927. The number of rotatable bonds is 7. The van der Waals surface area contributed by atoms with Crippen LogP contribution in [0.15, 0.2) is 30.3 Å². The van der Waals surface area contributed by atoms with E-state index in [1.54, 1.807) is 11.3 Å². The Labute approximate surface area is 136 Å². The van der Waals surface area contributed by atoms with Gasteiger partial charge in [0.25, 0.3) is 0 Å². The fourth-order valence-electron chi connectivity index (χ4n) is 2.22. The summed E-state index contributed by atoms with van der Waals surface area (Å²) in [7, 11) is 0. The number of nitrogens with one attached hydrogen (secondary N) is 1. The fourth-order valence-corrected chi connectivity index (χ4v) is 3.54. The van der Waals surface area contributed by atoms with Crippen molar-refractivity contribution < 1.29 is 4.74 Å². The second-order valence-corrected chi connectivity index (χ2v) is 6.70. The molecule has 0 aliphatic rings. The summed E-state index contributed by atoms with van der Waals surface area (Å²) in [6, 6.07) is 10.6. The molecule has 1 heterocycles. The van der Waals surface area contributed by atoms with Gasteiger partial charge in [0.05, 0.1) is 17.0 Å². The molecule has 0 fully saturated rings. The maximum Gasteiger partial charge on any atom is 0.119 e. The zero-order valence-corrected chi connectivity index (χ0v) is 14.4. The third-order valence-corrected chi connectivity index (χ3v) is 4.85. The van der Waals surface area contributed by atoms with E-state index in [1.807, 2.05) is 19.1 Å². The molecule has 0 aliphatic heterocycles. The Morgan fingerprint density at radius 1 is 1.29 bits per heavy atom. The molecule has 2 rings (SSSR count). The highest BCUT2D eigenvalue weighted by molar-refractivity contribution is 7.16. The summed E-state index contributed by atoms with van der Waals surface area (Å²) in [5, 5.41) is 3.54. The second kappa shape index (κ2) is 7.83. The highest BCUT2D eigenvalue weighted by atomic mass is 35.5. The van der Waals surface area contributed by atoms with Crippen molar-refractivity contribution >= 4 is 22.9 Å². The predicted octanol–water partition coefficient (Wildman–Crippen LogP) is 5.20. The molecule has 0 radical (unpaired) electrons. The first-order valence-corrected chi connectivity index (χ1v) is 8.57. The molecule has 0 amide bonds. The number of hydrogen-bond donors (Lipinski definition) is 1. The van der Waals surface area contributed by atoms with Gasteiger partial charge in [-0.3, -0.25) is 0 Å². The largest absolute Gasteiger partial charge is 0.494 e. The Balaban J connectivity index is 2.29. The summed E-state index contributed by atoms with van der Waals surface area (Å²) >= 11 is 7.87. The highest BCUT2D eigenvalue weighted by Gasteiger charge is 2.17. The molecule has 114 valence electrons. The van der Waals surface area contributed by atoms with Gasteiger partial charge in [-0.15, -0.1) is 11.3 Å². The molecule has 2 nitrogen and oxygen atoms in total. The third kappa shape index (κ3) is 4.22. The first-order valence-electron chi connectivity index (χ1n) is 7.37. The van der Waals surface area contributed by atoms with Gasteiger partial charge in [-0.1, -0.05) is 37.6 Å². The van der Waals surface area contributed by atoms with E-state index in [4.69, 9.17) is 16.3 Å². The number of aryl methyl sites for hydroxylation is 1. The van der Waals surface area contributed by atoms with Crippen LogP contribution in [0.3, 0.4) is 0 Å². The van der Waals surface area contributed by atoms with Crippen LogP contribution in [-0.4, -0.2) is 13.2 Å². The molecule has 21 heavy (non-hydrogen) atoms. The smallest absolute Gasteiger partial charge is 0.119 e. The SMILES string of the molecule is CCCOc1cccc(C(NCC)c2cc(C)c(Cl)s2)c1. The minimum Gasteiger partial charge on any atom is -0.494 e. The molecule has 1 N–H and O–H groups in total.